The van der Waals surface area contributed by atoms with E-state index < -0.39 is 0 Å². The zero-order valence-electron chi connectivity index (χ0n) is 11.6. The summed E-state index contributed by atoms with van der Waals surface area (Å²) in [7, 11) is 4.06. The van der Waals surface area contributed by atoms with Gasteiger partial charge in [0.25, 0.3) is 0 Å². The van der Waals surface area contributed by atoms with Crippen molar-refractivity contribution in [1.29, 1.82) is 5.26 Å². The molecule has 0 atom stereocenters. The van der Waals surface area contributed by atoms with E-state index in [0.29, 0.717) is 5.69 Å². The molecule has 0 aliphatic rings. The van der Waals surface area contributed by atoms with Crippen LogP contribution in [-0.4, -0.2) is 24.1 Å². The summed E-state index contributed by atoms with van der Waals surface area (Å²) in [5, 5.41) is 8.99. The molecule has 19 heavy (non-hydrogen) atoms. The molecule has 1 heterocycles. The van der Waals surface area contributed by atoms with Crippen LogP contribution in [0.3, 0.4) is 0 Å². The van der Waals surface area contributed by atoms with Gasteiger partial charge in [-0.1, -0.05) is 12.1 Å². The first kappa shape index (κ1) is 13.2. The van der Waals surface area contributed by atoms with Gasteiger partial charge < -0.3 is 9.88 Å². The maximum absolute atomic E-state index is 8.99. The molecule has 2 rings (SSSR count). The minimum absolute atomic E-state index is 0.516. The summed E-state index contributed by atoms with van der Waals surface area (Å²) in [6, 6.07) is 10.6. The molecular weight excluding hydrogens is 236 g/mol. The van der Waals surface area contributed by atoms with Crippen molar-refractivity contribution in [2.45, 2.75) is 19.8 Å². The molecule has 0 spiro atoms. The highest BCUT2D eigenvalue weighted by Gasteiger charge is 2.07. The highest BCUT2D eigenvalue weighted by molar-refractivity contribution is 5.46. The van der Waals surface area contributed by atoms with Crippen molar-refractivity contribution in [1.82, 2.24) is 9.97 Å². The summed E-state index contributed by atoms with van der Waals surface area (Å²) in [4.78, 5) is 9.39. The third kappa shape index (κ3) is 3.14. The zero-order valence-corrected chi connectivity index (χ0v) is 11.6. The van der Waals surface area contributed by atoms with Gasteiger partial charge in [0.05, 0.1) is 5.69 Å². The average molecular weight is 254 g/mol. The smallest absolute Gasteiger partial charge is 0.161 e. The van der Waals surface area contributed by atoms with Gasteiger partial charge >= 0.3 is 0 Å². The van der Waals surface area contributed by atoms with E-state index in [1.807, 2.05) is 21.0 Å². The SMILES string of the molecule is Cc1nc(C#N)c(CCc2ccc(N(C)C)cc2)[nH]1. The first-order valence-corrected chi connectivity index (χ1v) is 6.32. The Kier molecular flexibility index (Phi) is 3.86. The zero-order chi connectivity index (χ0) is 13.8. The lowest BCUT2D eigenvalue weighted by Gasteiger charge is -2.12. The number of nitrogens with zero attached hydrogens (tertiary/aromatic N) is 3. The quantitative estimate of drug-likeness (QED) is 0.911. The molecule has 4 nitrogen and oxygen atoms in total. The number of nitrogens with one attached hydrogen (secondary N) is 1. The van der Waals surface area contributed by atoms with Crippen LogP contribution in [0, 0.1) is 18.3 Å². The molecule has 1 N–H and O–H groups in total. The Morgan fingerprint density at radius 1 is 1.21 bits per heavy atom. The van der Waals surface area contributed by atoms with Gasteiger partial charge in [0.1, 0.15) is 11.9 Å². The number of aryl methyl sites for hydroxylation is 3. The fourth-order valence-corrected chi connectivity index (χ4v) is 2.04. The second-order valence-electron chi connectivity index (χ2n) is 4.82. The molecule has 0 aliphatic heterocycles. The van der Waals surface area contributed by atoms with E-state index in [1.165, 1.54) is 11.3 Å². The van der Waals surface area contributed by atoms with Crippen LogP contribution in [0.2, 0.25) is 0 Å². The number of H-pyrrole nitrogens is 1. The molecule has 0 radical (unpaired) electrons. The molecule has 0 saturated carbocycles. The van der Waals surface area contributed by atoms with Crippen molar-refractivity contribution in [3.8, 4) is 6.07 Å². The number of hydrogen-bond acceptors (Lipinski definition) is 3. The normalized spacial score (nSPS) is 10.2. The Bertz CT molecular complexity index is 588. The largest absolute Gasteiger partial charge is 0.378 e. The Hall–Kier alpha value is -2.28. The van der Waals surface area contributed by atoms with Crippen LogP contribution in [0.1, 0.15) is 22.8 Å². The molecule has 0 bridgehead atoms. The van der Waals surface area contributed by atoms with Gasteiger partial charge in [0.15, 0.2) is 5.69 Å². The lowest BCUT2D eigenvalue weighted by atomic mass is 10.1. The molecule has 0 aliphatic carbocycles. The Morgan fingerprint density at radius 3 is 2.47 bits per heavy atom. The van der Waals surface area contributed by atoms with E-state index in [0.717, 1.165) is 24.4 Å². The van der Waals surface area contributed by atoms with Gasteiger partial charge in [-0.3, -0.25) is 0 Å². The average Bonchev–Trinajstić information content (AvgIpc) is 2.77. The van der Waals surface area contributed by atoms with E-state index >= 15 is 0 Å². The molecule has 1 aromatic carbocycles. The Morgan fingerprint density at radius 2 is 1.89 bits per heavy atom. The lowest BCUT2D eigenvalue weighted by Crippen LogP contribution is -2.08. The Balaban J connectivity index is 2.04. The minimum Gasteiger partial charge on any atom is -0.378 e. The van der Waals surface area contributed by atoms with E-state index in [4.69, 9.17) is 5.26 Å². The van der Waals surface area contributed by atoms with E-state index in [-0.39, 0.29) is 0 Å². The van der Waals surface area contributed by atoms with Crippen molar-refractivity contribution >= 4 is 5.69 Å². The van der Waals surface area contributed by atoms with E-state index in [1.54, 1.807) is 0 Å². The number of nitriles is 1. The van der Waals surface area contributed by atoms with Gasteiger partial charge in [-0.05, 0) is 37.5 Å². The van der Waals surface area contributed by atoms with Crippen LogP contribution < -0.4 is 4.90 Å². The van der Waals surface area contributed by atoms with Crippen LogP contribution in [0.15, 0.2) is 24.3 Å². The molecule has 0 amide bonds. The highest BCUT2D eigenvalue weighted by atomic mass is 15.1. The van der Waals surface area contributed by atoms with Crippen LogP contribution in [-0.2, 0) is 12.8 Å². The molecule has 98 valence electrons. The summed E-state index contributed by atoms with van der Waals surface area (Å²) >= 11 is 0. The fraction of sp³-hybridized carbons (Fsp3) is 0.333. The van der Waals surface area contributed by atoms with Gasteiger partial charge in [0.2, 0.25) is 0 Å². The highest BCUT2D eigenvalue weighted by Crippen LogP contribution is 2.14. The van der Waals surface area contributed by atoms with Gasteiger partial charge in [-0.25, -0.2) is 4.98 Å². The maximum Gasteiger partial charge on any atom is 0.161 e. The molecular formula is C15H18N4. The van der Waals surface area contributed by atoms with Crippen LogP contribution >= 0.6 is 0 Å². The van der Waals surface area contributed by atoms with Gasteiger partial charge in [0, 0.05) is 19.8 Å². The van der Waals surface area contributed by atoms with Gasteiger partial charge in [-0.2, -0.15) is 5.26 Å². The fourth-order valence-electron chi connectivity index (χ4n) is 2.04. The molecule has 0 fully saturated rings. The topological polar surface area (TPSA) is 55.7 Å². The second-order valence-corrected chi connectivity index (χ2v) is 4.82. The minimum atomic E-state index is 0.516. The van der Waals surface area contributed by atoms with Crippen molar-refractivity contribution < 1.29 is 0 Å². The first-order chi connectivity index (χ1) is 9.10. The number of aromatic nitrogens is 2. The van der Waals surface area contributed by atoms with Crippen molar-refractivity contribution in [2.75, 3.05) is 19.0 Å². The lowest BCUT2D eigenvalue weighted by molar-refractivity contribution is 0.915. The summed E-state index contributed by atoms with van der Waals surface area (Å²) in [6.45, 7) is 1.87. The van der Waals surface area contributed by atoms with E-state index in [2.05, 4.69) is 45.2 Å². The second kappa shape index (κ2) is 5.57. The number of benzene rings is 1. The monoisotopic (exact) mass is 254 g/mol. The molecule has 4 heteroatoms. The third-order valence-corrected chi connectivity index (χ3v) is 3.12. The van der Waals surface area contributed by atoms with Crippen molar-refractivity contribution in [3.05, 3.63) is 47.0 Å². The van der Waals surface area contributed by atoms with Crippen molar-refractivity contribution in [2.24, 2.45) is 0 Å². The van der Waals surface area contributed by atoms with Gasteiger partial charge in [-0.15, -0.1) is 0 Å². The maximum atomic E-state index is 8.99. The number of anilines is 1. The number of aromatic amines is 1. The van der Waals surface area contributed by atoms with E-state index in [9.17, 15) is 0 Å². The molecule has 0 unspecified atom stereocenters. The van der Waals surface area contributed by atoms with Crippen LogP contribution in [0.4, 0.5) is 5.69 Å². The predicted octanol–water partition coefficient (Wildman–Crippen LogP) is 2.44. The van der Waals surface area contributed by atoms with Crippen LogP contribution in [0.25, 0.3) is 0 Å². The number of rotatable bonds is 4. The Labute approximate surface area is 113 Å². The standard InChI is InChI=1S/C15H18N4/c1-11-17-14(15(10-16)18-11)9-6-12-4-7-13(8-5-12)19(2)3/h4-5,7-8H,6,9H2,1-3H3,(H,17,18). The summed E-state index contributed by atoms with van der Waals surface area (Å²) in [5.74, 6) is 0.800. The summed E-state index contributed by atoms with van der Waals surface area (Å²) < 4.78 is 0. The first-order valence-electron chi connectivity index (χ1n) is 6.32. The molecule has 1 aromatic heterocycles. The summed E-state index contributed by atoms with van der Waals surface area (Å²) in [6.07, 6.45) is 1.72. The van der Waals surface area contributed by atoms with Crippen molar-refractivity contribution in [3.63, 3.8) is 0 Å². The summed E-state index contributed by atoms with van der Waals surface area (Å²) in [5.41, 5.74) is 3.90. The number of hydrogen-bond donors (Lipinski definition) is 1. The third-order valence-electron chi connectivity index (χ3n) is 3.12. The van der Waals surface area contributed by atoms with Crippen LogP contribution in [0.5, 0.6) is 0 Å². The number of imidazole rings is 1. The molecule has 0 saturated heterocycles. The predicted molar refractivity (Wildman–Crippen MR) is 76.2 cm³/mol. The molecule has 2 aromatic rings.